The first-order valence-electron chi connectivity index (χ1n) is 41.4. The summed E-state index contributed by atoms with van der Waals surface area (Å²) >= 11 is 0. The van der Waals surface area contributed by atoms with E-state index in [-0.39, 0.29) is 49.2 Å². The van der Waals surface area contributed by atoms with Gasteiger partial charge < -0.3 is 48.5 Å². The molecule has 4 rings (SSSR count). The number of rotatable bonds is 40. The number of amides is 2. The molecule has 15 atom stereocenters. The van der Waals surface area contributed by atoms with Crippen LogP contribution in [0.25, 0.3) is 0 Å². The second-order valence-corrected chi connectivity index (χ2v) is 41.5. The Labute approximate surface area is 808 Å². The van der Waals surface area contributed by atoms with Crippen molar-refractivity contribution in [2.45, 2.75) is 298 Å². The van der Waals surface area contributed by atoms with E-state index in [1.54, 1.807) is 0 Å². The van der Waals surface area contributed by atoms with Gasteiger partial charge in [0.1, 0.15) is 0 Å². The molecule has 60 heteroatoms. The second-order valence-electron chi connectivity index (χ2n) is 34.2. The van der Waals surface area contributed by atoms with Crippen LogP contribution in [0.3, 0.4) is 0 Å². The summed E-state index contributed by atoms with van der Waals surface area (Å²) in [7, 11) is -28.9. The van der Waals surface area contributed by atoms with Crippen molar-refractivity contribution in [1.29, 1.82) is 0 Å². The third-order valence-corrected chi connectivity index (χ3v) is 27.0. The normalized spacial score (nSPS) is 20.4. The molecule has 0 aromatic rings. The average Bonchev–Trinajstić information content (AvgIpc) is 1.33. The maximum Gasteiger partial charge on any atom is 0.431 e. The minimum atomic E-state index is -6.51. The second kappa shape index (κ2) is 55.7. The molecule has 0 aromatic heterocycles. The molecular weight excluding hydrogens is 2070 g/mol. The van der Waals surface area contributed by atoms with Crippen LogP contribution in [0.4, 0.5) is 87.8 Å². The van der Waals surface area contributed by atoms with Gasteiger partial charge >= 0.3 is 154 Å². The van der Waals surface area contributed by atoms with Crippen LogP contribution in [0, 0.1) is 126 Å². The Morgan fingerprint density at radius 3 is 0.844 bits per heavy atom. The lowest BCUT2D eigenvalue weighted by molar-refractivity contribution is -0.212. The topological polar surface area (TPSA) is 540 Å². The van der Waals surface area contributed by atoms with Crippen LogP contribution in [0.15, 0.2) is 0 Å². The van der Waals surface area contributed by atoms with Gasteiger partial charge in [0.15, 0.2) is 0 Å². The number of esters is 8. The SMILES string of the molecule is CC(C)OC(=O)C(C)CC(C(C)C(=O)OC(C)C)C(F)(F)C(F)(F)S(=O)(=O)O.CC(C)OC(=O)C1CC(C(=O)OC(C)C)C(C(F)(F)C(F)(F)S(=O)(=O)O)C1.CC(CC(C(C)C(=O)NC1CCCCC1)C(F)(F)C(F)(F)S(=O)(=O)O)C(=O)NC1CCCCC1.COC(=O)C(C)CC(C(C)C(=O)OC)C(F)(F)C(F)(F)S(=O)(=O)O.COC(=O)C1CC(C(=O)OC)C(C(F)(F)C(F)(F)S(=O)(=O)O)C1.[CH3+].[CH3+].[CH3+].[CH3+].[CH3+]. The zero-order valence-electron chi connectivity index (χ0n) is 81.4. The summed E-state index contributed by atoms with van der Waals surface area (Å²) in [5.41, 5.74) is 0. The summed E-state index contributed by atoms with van der Waals surface area (Å²) in [5.74, 6) is -66.1. The quantitative estimate of drug-likeness (QED) is 0.00985. The number of ether oxygens (including phenoxy) is 8. The molecule has 828 valence electrons. The molecule has 4 aliphatic rings. The van der Waals surface area contributed by atoms with Gasteiger partial charge in [-0.15, -0.1) is 0 Å². The van der Waals surface area contributed by atoms with Crippen LogP contribution >= 0.6 is 0 Å². The number of halogens is 20. The highest BCUT2D eigenvalue weighted by Crippen LogP contribution is 2.57. The maximum absolute atomic E-state index is 15.0. The summed E-state index contributed by atoms with van der Waals surface area (Å²) in [4.78, 5) is 119. The molecule has 141 heavy (non-hydrogen) atoms. The van der Waals surface area contributed by atoms with Crippen LogP contribution in [0.2, 0.25) is 0 Å². The zero-order valence-corrected chi connectivity index (χ0v) is 85.5. The fourth-order valence-electron chi connectivity index (χ4n) is 14.9. The van der Waals surface area contributed by atoms with E-state index in [0.717, 1.165) is 114 Å². The minimum absolute atomic E-state index is 0. The number of nitrogens with one attached hydrogen (secondary N) is 2. The molecule has 4 saturated carbocycles. The predicted octanol–water partition coefficient (Wildman–Crippen LogP) is 15.3. The van der Waals surface area contributed by atoms with Gasteiger partial charge in [0.05, 0.1) is 100 Å². The van der Waals surface area contributed by atoms with Crippen molar-refractivity contribution in [3.8, 4) is 0 Å². The Balaban J connectivity index is -0.000000403. The lowest BCUT2D eigenvalue weighted by Gasteiger charge is -2.36. The van der Waals surface area contributed by atoms with Crippen LogP contribution in [-0.2, 0) is 136 Å². The van der Waals surface area contributed by atoms with E-state index in [4.69, 9.17) is 41.7 Å². The van der Waals surface area contributed by atoms with E-state index in [2.05, 4.69) is 29.6 Å². The molecule has 4 aliphatic carbocycles. The van der Waals surface area contributed by atoms with Gasteiger partial charge in [0, 0.05) is 90.6 Å². The Hall–Kier alpha value is -7.80. The standard InChI is InChI=1S/C22H36F4N2O5S.C16H26F4O7S.C15H22F4O7S.C12H18F4O7S.C11H14F4O7S.5CH3/c1-14(19(29)27-16-9-5-3-6-10-16)13-18(21(23,24)22(25,26)34(31,32)33)15(2)20(30)28-17-11-7-4-8-12-17;1-8(2)26-13(21)10(5)7-12(11(6)14(22)27-9(3)4)15(17,18)16(19,20)28(23,24)25;1-7(2)25-12(20)9-5-10(13(21)26-8(3)4)11(6-9)14(16,17)15(18,19)27(22,23)24;1-6(9(17)22-3)5-8(7(2)10(18)23-4)11(13,14)12(15,16)24(19,20)21;1-21-8(16)5-3-6(9(17)22-2)7(4-5)10(12,13)11(14,15)23(18,19)20;;;;;/h14-18H,3-13H2,1-2H3,(H,27,29)(H,28,30)(H,31,32,33);8-12H,7H2,1-6H3,(H,23,24,25);7-11H,5-6H2,1-4H3,(H,22,23,24);6-8H,5H2,1-4H3,(H,19,20,21);5-7H,3-4H2,1-2H3,(H,18,19,20);5*1H3/q;;;;;5*+1. The van der Waals surface area contributed by atoms with Gasteiger partial charge in [-0.2, -0.15) is 130 Å². The molecule has 4 fully saturated rings. The number of methoxy groups -OCH3 is 4. The van der Waals surface area contributed by atoms with Crippen LogP contribution in [0.5, 0.6) is 0 Å². The minimum Gasteiger partial charge on any atom is -0.469 e. The highest BCUT2D eigenvalue weighted by atomic mass is 32.2. The van der Waals surface area contributed by atoms with Crippen molar-refractivity contribution in [3.63, 3.8) is 0 Å². The number of hydrogen-bond donors (Lipinski definition) is 7. The van der Waals surface area contributed by atoms with Gasteiger partial charge in [-0.3, -0.25) is 70.7 Å². The zero-order chi connectivity index (χ0) is 107. The fraction of sp³-hybridized carbons (Fsp3) is 0.815. The third kappa shape index (κ3) is 36.4. The molecule has 0 aliphatic heterocycles. The monoisotopic (exact) mass is 2200 g/mol. The number of carbonyl (C=O) groups is 10. The largest absolute Gasteiger partial charge is 0.469 e. The van der Waals surface area contributed by atoms with E-state index < -0.39 is 324 Å². The Bertz CT molecular complexity index is 4640. The van der Waals surface area contributed by atoms with Crippen LogP contribution in [0.1, 0.15) is 206 Å². The Morgan fingerprint density at radius 2 is 0.553 bits per heavy atom. The molecule has 0 heterocycles. The number of carbonyl (C=O) groups excluding carboxylic acids is 10. The third-order valence-electron chi connectivity index (χ3n) is 22.4. The van der Waals surface area contributed by atoms with Gasteiger partial charge in [-0.05, 0) is 126 Å². The maximum atomic E-state index is 15.0. The highest BCUT2D eigenvalue weighted by Gasteiger charge is 2.76. The van der Waals surface area contributed by atoms with Crippen molar-refractivity contribution in [3.05, 3.63) is 37.1 Å². The Morgan fingerprint density at radius 1 is 0.298 bits per heavy atom. The fourth-order valence-corrected chi connectivity index (χ4v) is 17.4. The Kier molecular flexibility index (Phi) is 56.8. The van der Waals surface area contributed by atoms with Crippen LogP contribution in [-0.4, -0.2) is 245 Å². The molecule has 0 saturated heterocycles. The molecule has 0 bridgehead atoms. The van der Waals surface area contributed by atoms with Gasteiger partial charge in [-0.25, -0.2) is 0 Å². The smallest absolute Gasteiger partial charge is 0.431 e. The van der Waals surface area contributed by atoms with E-state index in [1.165, 1.54) is 62.3 Å². The molecule has 0 spiro atoms. The number of hydrogen-bond acceptors (Lipinski definition) is 28. The average molecular weight is 2200 g/mol. The molecule has 35 nitrogen and oxygen atoms in total. The van der Waals surface area contributed by atoms with Gasteiger partial charge in [-0.1, -0.05) is 80.1 Å². The highest BCUT2D eigenvalue weighted by molar-refractivity contribution is 7.88. The lowest BCUT2D eigenvalue weighted by Crippen LogP contribution is -2.56. The summed E-state index contributed by atoms with van der Waals surface area (Å²) < 4.78 is 469. The summed E-state index contributed by atoms with van der Waals surface area (Å²) in [6, 6.07) is -0.430. The van der Waals surface area contributed by atoms with Gasteiger partial charge in [0.2, 0.25) is 11.8 Å². The summed E-state index contributed by atoms with van der Waals surface area (Å²) in [6.45, 7) is 17.7. The summed E-state index contributed by atoms with van der Waals surface area (Å²) in [6.07, 6.45) is -0.472. The molecule has 15 unspecified atom stereocenters. The molecular formula is C81H131F20N2O33S5+5. The molecule has 0 aromatic carbocycles. The molecule has 0 radical (unpaired) electrons. The van der Waals surface area contributed by atoms with Gasteiger partial charge in [0.25, 0.3) is 0 Å². The van der Waals surface area contributed by atoms with E-state index in [0.29, 0.717) is 12.8 Å². The van der Waals surface area contributed by atoms with Crippen LogP contribution < -0.4 is 10.6 Å². The van der Waals surface area contributed by atoms with E-state index >= 15 is 8.78 Å². The molecule has 7 N–H and O–H groups in total. The number of alkyl halides is 20. The predicted molar refractivity (Wildman–Crippen MR) is 461 cm³/mol. The lowest BCUT2D eigenvalue weighted by atomic mass is 9.80. The van der Waals surface area contributed by atoms with Crippen molar-refractivity contribution < 1.29 is 239 Å². The first-order chi connectivity index (χ1) is 61.0. The summed E-state index contributed by atoms with van der Waals surface area (Å²) in [5, 5.41) is -23.9. The van der Waals surface area contributed by atoms with E-state index in [9.17, 15) is 169 Å². The van der Waals surface area contributed by atoms with E-state index in [1.807, 2.05) is 0 Å². The van der Waals surface area contributed by atoms with Crippen molar-refractivity contribution >= 4 is 110 Å². The van der Waals surface area contributed by atoms with Crippen molar-refractivity contribution in [2.75, 3.05) is 28.4 Å². The van der Waals surface area contributed by atoms with Crippen molar-refractivity contribution in [2.24, 2.45) is 88.8 Å². The molecule has 2 amide bonds. The first kappa shape index (κ1) is 144. The first-order valence-corrected chi connectivity index (χ1v) is 48.6. The van der Waals surface area contributed by atoms with Crippen molar-refractivity contribution in [1.82, 2.24) is 10.6 Å².